The van der Waals surface area contributed by atoms with E-state index < -0.39 is 47.5 Å². The van der Waals surface area contributed by atoms with Crippen molar-refractivity contribution in [3.8, 4) is 0 Å². The van der Waals surface area contributed by atoms with Gasteiger partial charge in [0, 0.05) is 0 Å². The second kappa shape index (κ2) is 16.0. The smallest absolute Gasteiger partial charge is 0.310 e. The molecule has 4 aliphatic heterocycles. The summed E-state index contributed by atoms with van der Waals surface area (Å²) in [6.07, 6.45) is 6.23. The van der Waals surface area contributed by atoms with Gasteiger partial charge in [-0.15, -0.1) is 0 Å². The molecule has 0 spiro atoms. The molecule has 0 radical (unpaired) electrons. The van der Waals surface area contributed by atoms with E-state index in [9.17, 15) is 19.2 Å². The molecule has 5 fully saturated rings. The van der Waals surface area contributed by atoms with Gasteiger partial charge in [0.15, 0.2) is 0 Å². The lowest BCUT2D eigenvalue weighted by molar-refractivity contribution is -0.168. The summed E-state index contributed by atoms with van der Waals surface area (Å²) in [5, 5.41) is 0. The average molecular weight is 599 g/mol. The maximum absolute atomic E-state index is 13.4. The van der Waals surface area contributed by atoms with Gasteiger partial charge in [-0.2, -0.15) is 0 Å². The Morgan fingerprint density at radius 3 is 1.00 bits per heavy atom. The standard InChI is InChI=1S/C29H42O12.CH4/c30-26(34-9-1-5-18-14-38-18)22-13-23(27(31)35-10-2-6-19-15-39-19)25(29(33)37-12-4-8-21-17-41-21)24(22)28(32)36-11-3-7-20-16-40-20;/h18-25H,1-17H2;1H4. The van der Waals surface area contributed by atoms with Crippen LogP contribution in [0.3, 0.4) is 0 Å². The molecule has 5 aliphatic rings. The first-order valence-electron chi connectivity index (χ1n) is 15.1. The fourth-order valence-corrected chi connectivity index (χ4v) is 5.46. The Kier molecular flexibility index (Phi) is 12.4. The number of epoxide rings is 4. The van der Waals surface area contributed by atoms with Crippen molar-refractivity contribution in [2.45, 2.75) is 89.6 Å². The van der Waals surface area contributed by atoms with Crippen LogP contribution in [0.25, 0.3) is 0 Å². The predicted molar refractivity (Wildman–Crippen MR) is 145 cm³/mol. The van der Waals surface area contributed by atoms with Crippen LogP contribution in [0.5, 0.6) is 0 Å². The molecule has 0 amide bonds. The van der Waals surface area contributed by atoms with Crippen LogP contribution in [-0.2, 0) is 57.1 Å². The van der Waals surface area contributed by atoms with E-state index >= 15 is 0 Å². The number of carbonyl (C=O) groups is 4. The summed E-state index contributed by atoms with van der Waals surface area (Å²) in [5.41, 5.74) is 0. The predicted octanol–water partition coefficient (Wildman–Crippen LogP) is 2.38. The van der Waals surface area contributed by atoms with Crippen molar-refractivity contribution < 1.29 is 57.1 Å². The molecule has 12 nitrogen and oxygen atoms in total. The molecule has 42 heavy (non-hydrogen) atoms. The first-order valence-corrected chi connectivity index (χ1v) is 15.1. The lowest BCUT2D eigenvalue weighted by atomic mass is 9.86. The van der Waals surface area contributed by atoms with E-state index in [4.69, 9.17) is 37.9 Å². The Bertz CT molecular complexity index is 836. The Morgan fingerprint density at radius 2 is 0.738 bits per heavy atom. The lowest BCUT2D eigenvalue weighted by Crippen LogP contribution is -2.38. The van der Waals surface area contributed by atoms with E-state index in [2.05, 4.69) is 0 Å². The number of esters is 4. The van der Waals surface area contributed by atoms with Crippen molar-refractivity contribution in [2.24, 2.45) is 23.7 Å². The van der Waals surface area contributed by atoms with Crippen molar-refractivity contribution >= 4 is 23.9 Å². The summed E-state index contributed by atoms with van der Waals surface area (Å²) in [7, 11) is 0. The van der Waals surface area contributed by atoms with Gasteiger partial charge in [-0.3, -0.25) is 19.2 Å². The molecule has 1 saturated carbocycles. The van der Waals surface area contributed by atoms with Gasteiger partial charge in [0.1, 0.15) is 0 Å². The summed E-state index contributed by atoms with van der Waals surface area (Å²) in [4.78, 5) is 53.4. The van der Waals surface area contributed by atoms with Gasteiger partial charge in [0.2, 0.25) is 0 Å². The molecule has 4 saturated heterocycles. The molecule has 5 rings (SSSR count). The number of hydrogen-bond donors (Lipinski definition) is 0. The highest BCUT2D eigenvalue weighted by atomic mass is 16.6. The Hall–Kier alpha value is -2.28. The van der Waals surface area contributed by atoms with E-state index in [1.165, 1.54) is 0 Å². The molecule has 0 aromatic carbocycles. The zero-order chi connectivity index (χ0) is 28.6. The van der Waals surface area contributed by atoms with E-state index in [0.717, 1.165) is 25.7 Å². The second-order valence-corrected chi connectivity index (χ2v) is 11.6. The summed E-state index contributed by atoms with van der Waals surface area (Å²) in [5.74, 6) is -7.12. The summed E-state index contributed by atoms with van der Waals surface area (Å²) >= 11 is 0. The number of carbonyl (C=O) groups excluding carboxylic acids is 4. The van der Waals surface area contributed by atoms with Crippen molar-refractivity contribution in [1.29, 1.82) is 0 Å². The van der Waals surface area contributed by atoms with Gasteiger partial charge >= 0.3 is 23.9 Å². The quantitative estimate of drug-likeness (QED) is 0.0874. The fraction of sp³-hybridized carbons (Fsp3) is 0.867. The minimum Gasteiger partial charge on any atom is -0.465 e. The molecule has 0 N–H and O–H groups in total. The molecule has 0 aromatic heterocycles. The largest absolute Gasteiger partial charge is 0.465 e. The Balaban J connectivity index is 0.00000405. The second-order valence-electron chi connectivity index (χ2n) is 11.6. The summed E-state index contributed by atoms with van der Waals surface area (Å²) in [6, 6.07) is 0. The first kappa shape index (κ1) is 32.6. The van der Waals surface area contributed by atoms with Gasteiger partial charge < -0.3 is 37.9 Å². The lowest BCUT2D eigenvalue weighted by Gasteiger charge is -2.23. The molecule has 8 atom stereocenters. The fourth-order valence-electron chi connectivity index (χ4n) is 5.46. The van der Waals surface area contributed by atoms with Gasteiger partial charge in [-0.05, 0) is 57.8 Å². The van der Waals surface area contributed by atoms with Crippen LogP contribution in [0, 0.1) is 23.7 Å². The third-order valence-electron chi connectivity index (χ3n) is 8.18. The highest BCUT2D eigenvalue weighted by molar-refractivity contribution is 5.92. The molecule has 1 aliphatic carbocycles. The van der Waals surface area contributed by atoms with Crippen LogP contribution in [0.1, 0.15) is 65.2 Å². The van der Waals surface area contributed by atoms with E-state index in [1.807, 2.05) is 0 Å². The normalized spacial score (nSPS) is 31.8. The average Bonchev–Trinajstić information content (AvgIpc) is 3.78. The molecule has 8 unspecified atom stereocenters. The minimum absolute atomic E-state index is 0. The third-order valence-corrected chi connectivity index (χ3v) is 8.18. The number of ether oxygens (including phenoxy) is 8. The highest BCUT2D eigenvalue weighted by Crippen LogP contribution is 2.45. The summed E-state index contributed by atoms with van der Waals surface area (Å²) < 4.78 is 42.9. The Morgan fingerprint density at radius 1 is 0.476 bits per heavy atom. The SMILES string of the molecule is C.O=C(OCCCC1CO1)C1CC(C(=O)OCCCC2CO2)C(C(=O)OCCCC2CO2)C1C(=O)OCCCC1CO1. The van der Waals surface area contributed by atoms with Crippen LogP contribution >= 0.6 is 0 Å². The number of rotatable bonds is 20. The molecule has 0 bridgehead atoms. The van der Waals surface area contributed by atoms with Crippen LogP contribution in [0.15, 0.2) is 0 Å². The van der Waals surface area contributed by atoms with Gasteiger partial charge in [0.05, 0.1) is 101 Å². The van der Waals surface area contributed by atoms with Crippen LogP contribution in [0.2, 0.25) is 0 Å². The highest BCUT2D eigenvalue weighted by Gasteiger charge is 2.58. The first-order chi connectivity index (χ1) is 20.0. The van der Waals surface area contributed by atoms with Gasteiger partial charge in [-0.1, -0.05) is 7.43 Å². The molecule has 238 valence electrons. The maximum atomic E-state index is 13.4. The van der Waals surface area contributed by atoms with Gasteiger partial charge in [0.25, 0.3) is 0 Å². The summed E-state index contributed by atoms with van der Waals surface area (Å²) in [6.45, 7) is 3.41. The molecule has 0 aromatic rings. The molecular weight excluding hydrogens is 552 g/mol. The zero-order valence-corrected chi connectivity index (χ0v) is 23.5. The Labute approximate surface area is 247 Å². The van der Waals surface area contributed by atoms with Crippen molar-refractivity contribution in [2.75, 3.05) is 52.9 Å². The van der Waals surface area contributed by atoms with Crippen molar-refractivity contribution in [3.63, 3.8) is 0 Å². The molecular formula is C30H46O12. The third kappa shape index (κ3) is 10.5. The van der Waals surface area contributed by atoms with Crippen LogP contribution in [-0.4, -0.2) is 101 Å². The maximum Gasteiger partial charge on any atom is 0.310 e. The van der Waals surface area contributed by atoms with Crippen molar-refractivity contribution in [1.82, 2.24) is 0 Å². The monoisotopic (exact) mass is 598 g/mol. The van der Waals surface area contributed by atoms with E-state index in [0.29, 0.717) is 52.1 Å². The zero-order valence-electron chi connectivity index (χ0n) is 23.5. The molecule has 12 heteroatoms. The topological polar surface area (TPSA) is 155 Å². The van der Waals surface area contributed by atoms with Gasteiger partial charge in [-0.25, -0.2) is 0 Å². The van der Waals surface area contributed by atoms with Crippen LogP contribution < -0.4 is 0 Å². The van der Waals surface area contributed by atoms with E-state index in [1.54, 1.807) is 0 Å². The van der Waals surface area contributed by atoms with E-state index in [-0.39, 0.29) is 64.7 Å². The molecule has 4 heterocycles. The minimum atomic E-state index is -1.21. The van der Waals surface area contributed by atoms with Crippen LogP contribution in [0.4, 0.5) is 0 Å². The van der Waals surface area contributed by atoms with Crippen molar-refractivity contribution in [3.05, 3.63) is 0 Å². The number of hydrogen-bond acceptors (Lipinski definition) is 12.